The Hall–Kier alpha value is -1.11. The molecule has 0 radical (unpaired) electrons. The van der Waals surface area contributed by atoms with Gasteiger partial charge in [0, 0.05) is 18.1 Å². The Morgan fingerprint density at radius 1 is 1.38 bits per heavy atom. The van der Waals surface area contributed by atoms with E-state index in [9.17, 15) is 18.3 Å². The summed E-state index contributed by atoms with van der Waals surface area (Å²) >= 11 is 5.76. The number of carboxylic acid groups (broad SMARTS) is 1. The fourth-order valence-electron chi connectivity index (χ4n) is 2.76. The normalized spacial score (nSPS) is 23.3. The van der Waals surface area contributed by atoms with Crippen molar-refractivity contribution in [2.45, 2.75) is 31.1 Å². The molecule has 1 atom stereocenters. The van der Waals surface area contributed by atoms with Gasteiger partial charge >= 0.3 is 5.97 Å². The number of hydrogen-bond acceptors (Lipinski definition) is 3. The zero-order valence-electron chi connectivity index (χ0n) is 11.8. The van der Waals surface area contributed by atoms with Crippen molar-refractivity contribution in [3.63, 3.8) is 0 Å². The summed E-state index contributed by atoms with van der Waals surface area (Å²) in [6.07, 6.45) is 1.54. The van der Waals surface area contributed by atoms with Crippen molar-refractivity contribution >= 4 is 27.6 Å². The van der Waals surface area contributed by atoms with Gasteiger partial charge in [0.05, 0.1) is 10.3 Å². The molecule has 1 N–H and O–H groups in total. The van der Waals surface area contributed by atoms with E-state index < -0.39 is 21.4 Å². The molecule has 0 spiro atoms. The number of halogens is 1. The highest BCUT2D eigenvalue weighted by molar-refractivity contribution is 7.89. The van der Waals surface area contributed by atoms with Gasteiger partial charge in [-0.25, -0.2) is 8.42 Å². The van der Waals surface area contributed by atoms with E-state index in [1.165, 1.54) is 28.6 Å². The van der Waals surface area contributed by atoms with Crippen molar-refractivity contribution in [3.8, 4) is 0 Å². The molecule has 0 saturated carbocycles. The average molecular weight is 332 g/mol. The highest BCUT2D eigenvalue weighted by Gasteiger charge is 2.47. The standard InChI is InChI=1S/C14H18ClNO4S/c1-2-7-14(13(17)18)8-9-16(10-14)21(19,20)12-5-3-11(15)4-6-12/h3-6H,2,7-10H2,1H3,(H,17,18). The minimum Gasteiger partial charge on any atom is -0.481 e. The van der Waals surface area contributed by atoms with E-state index in [4.69, 9.17) is 11.6 Å². The number of carboxylic acids is 1. The van der Waals surface area contributed by atoms with Crippen molar-refractivity contribution < 1.29 is 18.3 Å². The topological polar surface area (TPSA) is 74.7 Å². The van der Waals surface area contributed by atoms with Gasteiger partial charge in [-0.15, -0.1) is 0 Å². The Morgan fingerprint density at radius 2 is 2.00 bits per heavy atom. The predicted octanol–water partition coefficient (Wildman–Crippen LogP) is 2.61. The van der Waals surface area contributed by atoms with E-state index >= 15 is 0 Å². The summed E-state index contributed by atoms with van der Waals surface area (Å²) in [4.78, 5) is 11.7. The molecule has 0 aliphatic carbocycles. The van der Waals surface area contributed by atoms with Crippen LogP contribution in [0.2, 0.25) is 5.02 Å². The Bertz CT molecular complexity index is 629. The van der Waals surface area contributed by atoms with Gasteiger partial charge in [0.15, 0.2) is 0 Å². The lowest BCUT2D eigenvalue weighted by Gasteiger charge is -2.24. The van der Waals surface area contributed by atoms with Gasteiger partial charge in [0.2, 0.25) is 10.0 Å². The minimum absolute atomic E-state index is 0.0289. The van der Waals surface area contributed by atoms with Crippen LogP contribution in [-0.4, -0.2) is 36.9 Å². The highest BCUT2D eigenvalue weighted by Crippen LogP contribution is 2.38. The second-order valence-corrected chi connectivity index (χ2v) is 7.75. The van der Waals surface area contributed by atoms with Crippen LogP contribution >= 0.6 is 11.6 Å². The van der Waals surface area contributed by atoms with Crippen LogP contribution in [0, 0.1) is 5.41 Å². The van der Waals surface area contributed by atoms with Crippen molar-refractivity contribution in [1.82, 2.24) is 4.31 Å². The van der Waals surface area contributed by atoms with Gasteiger partial charge in [-0.3, -0.25) is 4.79 Å². The third-order valence-electron chi connectivity index (χ3n) is 3.95. The lowest BCUT2D eigenvalue weighted by molar-refractivity contribution is -0.148. The largest absolute Gasteiger partial charge is 0.481 e. The molecule has 1 aliphatic rings. The second kappa shape index (κ2) is 5.94. The molecule has 2 rings (SSSR count). The molecule has 1 saturated heterocycles. The van der Waals surface area contributed by atoms with Crippen LogP contribution in [0.3, 0.4) is 0 Å². The lowest BCUT2D eigenvalue weighted by atomic mass is 9.83. The van der Waals surface area contributed by atoms with Crippen molar-refractivity contribution in [3.05, 3.63) is 29.3 Å². The first-order chi connectivity index (χ1) is 9.82. The van der Waals surface area contributed by atoms with Gasteiger partial charge in [-0.05, 0) is 37.1 Å². The Morgan fingerprint density at radius 3 is 2.52 bits per heavy atom. The minimum atomic E-state index is -3.67. The van der Waals surface area contributed by atoms with Gasteiger partial charge in [-0.1, -0.05) is 24.9 Å². The van der Waals surface area contributed by atoms with Crippen LogP contribution < -0.4 is 0 Å². The van der Waals surface area contributed by atoms with Crippen LogP contribution in [0.5, 0.6) is 0 Å². The number of nitrogens with zero attached hydrogens (tertiary/aromatic N) is 1. The molecule has 0 bridgehead atoms. The molecule has 5 nitrogen and oxygen atoms in total. The smallest absolute Gasteiger partial charge is 0.311 e. The quantitative estimate of drug-likeness (QED) is 0.900. The van der Waals surface area contributed by atoms with E-state index in [0.29, 0.717) is 24.3 Å². The van der Waals surface area contributed by atoms with Gasteiger partial charge in [0.25, 0.3) is 0 Å². The molecule has 1 heterocycles. The molecule has 1 aromatic rings. The van der Waals surface area contributed by atoms with E-state index in [0.717, 1.165) is 0 Å². The van der Waals surface area contributed by atoms with Gasteiger partial charge in [-0.2, -0.15) is 4.31 Å². The van der Waals surface area contributed by atoms with Crippen LogP contribution in [-0.2, 0) is 14.8 Å². The number of aliphatic carboxylic acids is 1. The van der Waals surface area contributed by atoms with Crippen molar-refractivity contribution in [1.29, 1.82) is 0 Å². The zero-order chi connectivity index (χ0) is 15.7. The SMILES string of the molecule is CCCC1(C(=O)O)CCN(S(=O)(=O)c2ccc(Cl)cc2)C1. The van der Waals surface area contributed by atoms with Crippen LogP contribution in [0.1, 0.15) is 26.2 Å². The lowest BCUT2D eigenvalue weighted by Crippen LogP contribution is -2.36. The number of benzene rings is 1. The fraction of sp³-hybridized carbons (Fsp3) is 0.500. The third-order valence-corrected chi connectivity index (χ3v) is 6.06. The summed E-state index contributed by atoms with van der Waals surface area (Å²) in [5.74, 6) is -0.918. The highest BCUT2D eigenvalue weighted by atomic mass is 35.5. The summed E-state index contributed by atoms with van der Waals surface area (Å²) in [5.41, 5.74) is -0.964. The van der Waals surface area contributed by atoms with Gasteiger partial charge < -0.3 is 5.11 Å². The molecule has 1 aliphatic heterocycles. The molecule has 116 valence electrons. The summed E-state index contributed by atoms with van der Waals surface area (Å²) in [6.45, 7) is 2.17. The fourth-order valence-corrected chi connectivity index (χ4v) is 4.41. The summed E-state index contributed by atoms with van der Waals surface area (Å²) in [7, 11) is -3.67. The molecule has 1 fully saturated rings. The molecule has 0 amide bonds. The Kier molecular flexibility index (Phi) is 4.60. The number of hydrogen-bond donors (Lipinski definition) is 1. The summed E-state index contributed by atoms with van der Waals surface area (Å²) in [6, 6.07) is 5.92. The molecular weight excluding hydrogens is 314 g/mol. The van der Waals surface area contributed by atoms with E-state index in [1.807, 2.05) is 6.92 Å². The van der Waals surface area contributed by atoms with E-state index in [-0.39, 0.29) is 18.0 Å². The predicted molar refractivity (Wildman–Crippen MR) is 79.8 cm³/mol. The van der Waals surface area contributed by atoms with Crippen LogP contribution in [0.4, 0.5) is 0 Å². The first kappa shape index (κ1) is 16.3. The third kappa shape index (κ3) is 3.07. The van der Waals surface area contributed by atoms with E-state index in [2.05, 4.69) is 0 Å². The number of sulfonamides is 1. The van der Waals surface area contributed by atoms with Crippen molar-refractivity contribution in [2.24, 2.45) is 5.41 Å². The maximum atomic E-state index is 12.6. The Labute approximate surface area is 129 Å². The number of rotatable bonds is 5. The second-order valence-electron chi connectivity index (χ2n) is 5.38. The maximum Gasteiger partial charge on any atom is 0.311 e. The molecule has 1 unspecified atom stereocenters. The van der Waals surface area contributed by atoms with Crippen molar-refractivity contribution in [2.75, 3.05) is 13.1 Å². The van der Waals surface area contributed by atoms with E-state index in [1.54, 1.807) is 0 Å². The molecule has 21 heavy (non-hydrogen) atoms. The molecular formula is C14H18ClNO4S. The first-order valence-corrected chi connectivity index (χ1v) is 8.63. The maximum absolute atomic E-state index is 12.6. The number of carbonyl (C=O) groups is 1. The first-order valence-electron chi connectivity index (χ1n) is 6.81. The molecule has 7 heteroatoms. The zero-order valence-corrected chi connectivity index (χ0v) is 13.3. The average Bonchev–Trinajstić information content (AvgIpc) is 2.86. The van der Waals surface area contributed by atoms with Crippen LogP contribution in [0.15, 0.2) is 29.2 Å². The summed E-state index contributed by atoms with van der Waals surface area (Å²) < 4.78 is 26.4. The molecule has 0 aromatic heterocycles. The van der Waals surface area contributed by atoms with Crippen LogP contribution in [0.25, 0.3) is 0 Å². The summed E-state index contributed by atoms with van der Waals surface area (Å²) in [5, 5.41) is 9.91. The van der Waals surface area contributed by atoms with Gasteiger partial charge in [0.1, 0.15) is 0 Å². The monoisotopic (exact) mass is 331 g/mol. The Balaban J connectivity index is 2.27. The molecule has 1 aromatic carbocycles.